The number of ether oxygens (including phenoxy) is 2. The van der Waals surface area contributed by atoms with E-state index in [9.17, 15) is 23.3 Å². The number of hydrazone groups is 1. The lowest BCUT2D eigenvalue weighted by molar-refractivity contribution is -0.385. The molecule has 0 atom stereocenters. The smallest absolute Gasteiger partial charge is 0.311 e. The average Bonchev–Trinajstić information content (AvgIpc) is 2.73. The van der Waals surface area contributed by atoms with Gasteiger partial charge in [0.2, 0.25) is 10.0 Å². The van der Waals surface area contributed by atoms with Gasteiger partial charge in [0.1, 0.15) is 5.75 Å². The molecule has 0 aliphatic heterocycles. The lowest BCUT2D eigenvalue weighted by Crippen LogP contribution is -2.36. The highest BCUT2D eigenvalue weighted by Crippen LogP contribution is 2.28. The van der Waals surface area contributed by atoms with E-state index in [0.29, 0.717) is 11.3 Å². The van der Waals surface area contributed by atoms with Crippen LogP contribution in [0.4, 0.5) is 5.69 Å². The van der Waals surface area contributed by atoms with Crippen LogP contribution in [0, 0.1) is 10.1 Å². The molecule has 0 aliphatic carbocycles. The van der Waals surface area contributed by atoms with E-state index in [-0.39, 0.29) is 21.4 Å². The third-order valence-corrected chi connectivity index (χ3v) is 6.09. The molecule has 0 aromatic heterocycles. The molecule has 0 aliphatic rings. The van der Waals surface area contributed by atoms with Crippen LogP contribution in [0.25, 0.3) is 0 Å². The van der Waals surface area contributed by atoms with Gasteiger partial charge in [0.15, 0.2) is 5.75 Å². The number of hydrogen-bond acceptors (Lipinski definition) is 8. The molecule has 11 nitrogen and oxygen atoms in total. The summed E-state index contributed by atoms with van der Waals surface area (Å²) in [7, 11) is -0.0584. The van der Waals surface area contributed by atoms with Gasteiger partial charge < -0.3 is 9.47 Å². The van der Waals surface area contributed by atoms with Crippen LogP contribution in [-0.4, -0.2) is 57.6 Å². The summed E-state index contributed by atoms with van der Waals surface area (Å²) < 4.78 is 35.9. The number of halogens is 1. The summed E-state index contributed by atoms with van der Waals surface area (Å²) in [4.78, 5) is 22.4. The van der Waals surface area contributed by atoms with Crippen LogP contribution >= 0.6 is 11.6 Å². The van der Waals surface area contributed by atoms with Crippen LogP contribution in [0.2, 0.25) is 5.02 Å². The van der Waals surface area contributed by atoms with Crippen LogP contribution in [0.15, 0.2) is 46.4 Å². The summed E-state index contributed by atoms with van der Waals surface area (Å²) in [6, 6.07) is 8.05. The van der Waals surface area contributed by atoms with Crippen molar-refractivity contribution < 1.29 is 27.6 Å². The van der Waals surface area contributed by atoms with Gasteiger partial charge in [-0.2, -0.15) is 9.41 Å². The van der Waals surface area contributed by atoms with E-state index in [0.717, 1.165) is 4.31 Å². The third-order valence-electron chi connectivity index (χ3n) is 4.00. The van der Waals surface area contributed by atoms with Crippen LogP contribution in [0.1, 0.15) is 5.56 Å². The summed E-state index contributed by atoms with van der Waals surface area (Å²) in [6.07, 6.45) is 1.18. The third kappa shape index (κ3) is 5.90. The Bertz CT molecular complexity index is 1120. The molecular weight excluding hydrogens is 452 g/mol. The fourth-order valence-electron chi connectivity index (χ4n) is 2.42. The molecule has 2 rings (SSSR count). The number of hydrogen-bond donors (Lipinski definition) is 1. The summed E-state index contributed by atoms with van der Waals surface area (Å²) in [5.41, 5.74) is 2.24. The lowest BCUT2D eigenvalue weighted by Gasteiger charge is -2.16. The number of likely N-dealkylation sites (N-methyl/N-ethyl adjacent to an activating group) is 1. The number of carbonyl (C=O) groups is 1. The van der Waals surface area contributed by atoms with E-state index >= 15 is 0 Å². The summed E-state index contributed by atoms with van der Waals surface area (Å²) in [5, 5.41) is 14.8. The number of benzene rings is 2. The van der Waals surface area contributed by atoms with E-state index < -0.39 is 27.4 Å². The molecule has 1 N–H and O–H groups in total. The van der Waals surface area contributed by atoms with Gasteiger partial charge >= 0.3 is 5.69 Å². The van der Waals surface area contributed by atoms with Crippen LogP contribution < -0.4 is 14.9 Å². The van der Waals surface area contributed by atoms with Gasteiger partial charge in [-0.15, -0.1) is 0 Å². The van der Waals surface area contributed by atoms with Gasteiger partial charge in [-0.1, -0.05) is 11.6 Å². The Morgan fingerprint density at radius 2 is 1.87 bits per heavy atom. The van der Waals surface area contributed by atoms with Gasteiger partial charge in [0, 0.05) is 18.7 Å². The van der Waals surface area contributed by atoms with Gasteiger partial charge in [-0.3, -0.25) is 14.9 Å². The first-order valence-corrected chi connectivity index (χ1v) is 10.4. The molecule has 31 heavy (non-hydrogen) atoms. The Kier molecular flexibility index (Phi) is 7.91. The molecule has 13 heteroatoms. The van der Waals surface area contributed by atoms with Crippen molar-refractivity contribution in [3.63, 3.8) is 0 Å². The number of amides is 1. The van der Waals surface area contributed by atoms with Gasteiger partial charge in [-0.05, 0) is 30.3 Å². The van der Waals surface area contributed by atoms with Crippen LogP contribution in [-0.2, 0) is 14.8 Å². The van der Waals surface area contributed by atoms with E-state index in [1.165, 1.54) is 63.9 Å². The Morgan fingerprint density at radius 3 is 2.45 bits per heavy atom. The monoisotopic (exact) mass is 470 g/mol. The molecule has 1 amide bonds. The SMILES string of the molecule is COc1ccc(S(=O)(=O)N(C)CC(=O)N/N=C\c2ccc(OC)c([N+](=O)[O-])c2)cc1Cl. The molecule has 0 bridgehead atoms. The predicted octanol–water partition coefficient (Wildman–Crippen LogP) is 2.04. The van der Waals surface area contributed by atoms with Crippen molar-refractivity contribution in [2.45, 2.75) is 4.90 Å². The number of methoxy groups -OCH3 is 2. The Hall–Kier alpha value is -3.22. The van der Waals surface area contributed by atoms with E-state index in [1.54, 1.807) is 0 Å². The van der Waals surface area contributed by atoms with Gasteiger partial charge in [0.25, 0.3) is 5.91 Å². The number of rotatable bonds is 9. The molecule has 0 heterocycles. The molecule has 166 valence electrons. The molecule has 0 unspecified atom stereocenters. The highest BCUT2D eigenvalue weighted by atomic mass is 35.5. The molecule has 0 saturated heterocycles. The first kappa shape index (κ1) is 24.1. The van der Waals surface area contributed by atoms with Crippen molar-refractivity contribution in [1.82, 2.24) is 9.73 Å². The quantitative estimate of drug-likeness (QED) is 0.336. The fourth-order valence-corrected chi connectivity index (χ4v) is 3.90. The van der Waals surface area contributed by atoms with E-state index in [2.05, 4.69) is 10.5 Å². The van der Waals surface area contributed by atoms with E-state index in [4.69, 9.17) is 21.1 Å². The molecule has 2 aromatic rings. The number of nitro groups is 1. The molecule has 0 saturated carbocycles. The highest BCUT2D eigenvalue weighted by molar-refractivity contribution is 7.89. The summed E-state index contributed by atoms with van der Waals surface area (Å²) in [5.74, 6) is -0.323. The number of sulfonamides is 1. The van der Waals surface area contributed by atoms with Crippen molar-refractivity contribution in [2.75, 3.05) is 27.8 Å². The van der Waals surface area contributed by atoms with Gasteiger partial charge in [0.05, 0.1) is 41.8 Å². The standard InChI is InChI=1S/C18H19ClN4O7S/c1-22(31(27,28)13-5-7-16(29-2)14(19)9-13)11-18(24)21-20-10-12-4-6-17(30-3)15(8-12)23(25)26/h4-10H,11H2,1-3H3,(H,21,24)/b20-10-. The zero-order valence-electron chi connectivity index (χ0n) is 16.7. The van der Waals surface area contributed by atoms with Crippen molar-refractivity contribution in [2.24, 2.45) is 5.10 Å². The zero-order valence-corrected chi connectivity index (χ0v) is 18.3. The maximum absolute atomic E-state index is 12.6. The van der Waals surface area contributed by atoms with Crippen LogP contribution in [0.5, 0.6) is 11.5 Å². The summed E-state index contributed by atoms with van der Waals surface area (Å²) in [6.45, 7) is -0.522. The lowest BCUT2D eigenvalue weighted by atomic mass is 10.2. The molecule has 0 fully saturated rings. The number of carbonyl (C=O) groups excluding carboxylic acids is 1. The second kappa shape index (κ2) is 10.2. The number of nitrogens with zero attached hydrogens (tertiary/aromatic N) is 3. The van der Waals surface area contributed by atoms with Gasteiger partial charge in [-0.25, -0.2) is 13.8 Å². The first-order valence-electron chi connectivity index (χ1n) is 8.54. The fraction of sp³-hybridized carbons (Fsp3) is 0.222. The maximum atomic E-state index is 12.6. The minimum absolute atomic E-state index is 0.0802. The zero-order chi connectivity index (χ0) is 23.2. The second-order valence-corrected chi connectivity index (χ2v) is 8.49. The van der Waals surface area contributed by atoms with Crippen molar-refractivity contribution in [3.8, 4) is 11.5 Å². The Balaban J connectivity index is 2.04. The topological polar surface area (TPSA) is 140 Å². The predicted molar refractivity (Wildman–Crippen MR) is 113 cm³/mol. The Morgan fingerprint density at radius 1 is 1.23 bits per heavy atom. The van der Waals surface area contributed by atoms with Crippen molar-refractivity contribution in [1.29, 1.82) is 0 Å². The first-order chi connectivity index (χ1) is 14.6. The maximum Gasteiger partial charge on any atom is 0.311 e. The minimum atomic E-state index is -3.99. The number of nitrogens with one attached hydrogen (secondary N) is 1. The average molecular weight is 471 g/mol. The number of nitro benzene ring substituents is 1. The minimum Gasteiger partial charge on any atom is -0.495 e. The normalized spacial score (nSPS) is 11.5. The molecule has 2 aromatic carbocycles. The van der Waals surface area contributed by atoms with Crippen LogP contribution in [0.3, 0.4) is 0 Å². The molecule has 0 radical (unpaired) electrons. The largest absolute Gasteiger partial charge is 0.495 e. The van der Waals surface area contributed by atoms with Crippen molar-refractivity contribution in [3.05, 3.63) is 57.1 Å². The highest BCUT2D eigenvalue weighted by Gasteiger charge is 2.24. The van der Waals surface area contributed by atoms with Crippen molar-refractivity contribution >= 4 is 39.4 Å². The summed E-state index contributed by atoms with van der Waals surface area (Å²) >= 11 is 5.97. The molecular formula is C18H19ClN4O7S. The van der Waals surface area contributed by atoms with E-state index in [1.807, 2.05) is 0 Å². The molecule has 0 spiro atoms. The Labute approximate surface area is 183 Å². The second-order valence-electron chi connectivity index (χ2n) is 6.04.